The lowest BCUT2D eigenvalue weighted by Crippen LogP contribution is -2.15. The summed E-state index contributed by atoms with van der Waals surface area (Å²) in [5, 5.41) is 7.28. The summed E-state index contributed by atoms with van der Waals surface area (Å²) in [4.78, 5) is 0. The number of aromatic nitrogens is 2. The first-order valence-corrected chi connectivity index (χ1v) is 18.8. The summed E-state index contributed by atoms with van der Waals surface area (Å²) >= 11 is 0. The third kappa shape index (κ3) is 3.91. The van der Waals surface area contributed by atoms with Crippen molar-refractivity contribution in [2.24, 2.45) is 0 Å². The van der Waals surface area contributed by atoms with Crippen molar-refractivity contribution in [1.29, 1.82) is 0 Å². The summed E-state index contributed by atoms with van der Waals surface area (Å²) in [6.07, 6.45) is 0. The number of benzene rings is 8. The van der Waals surface area contributed by atoms with Crippen LogP contribution in [0.1, 0.15) is 25.0 Å². The molecule has 3 heteroatoms. The van der Waals surface area contributed by atoms with E-state index in [1.165, 1.54) is 82.7 Å². The number of para-hydroxylation sites is 3. The standard InChI is InChI=1S/C51H34N2O/c1-51(2)42-19-11-9-17-35(42)38-24-26-44-49(50(38)51)41-27-31(22-25-43(41)52(44)33-13-5-3-6-14-33)32-21-23-36-39-30-48-40(37-18-10-12-20-47(37)54-48)29-46(39)53(45(36)28-32)34-15-7-4-8-16-34/h3-30H,1-2H3. The molecule has 1 aliphatic rings. The number of nitrogens with zero attached hydrogens (tertiary/aromatic N) is 2. The molecule has 0 bridgehead atoms. The van der Waals surface area contributed by atoms with Crippen molar-refractivity contribution < 1.29 is 4.42 Å². The molecule has 0 N–H and O–H groups in total. The summed E-state index contributed by atoms with van der Waals surface area (Å²) in [5.41, 5.74) is 16.7. The molecule has 0 spiro atoms. The van der Waals surface area contributed by atoms with Gasteiger partial charge in [0.15, 0.2) is 0 Å². The fraction of sp³-hybridized carbons (Fsp3) is 0.0588. The van der Waals surface area contributed by atoms with Crippen LogP contribution in [-0.4, -0.2) is 9.13 Å². The minimum Gasteiger partial charge on any atom is -0.456 e. The third-order valence-corrected chi connectivity index (χ3v) is 12.1. The van der Waals surface area contributed by atoms with Gasteiger partial charge in [0.2, 0.25) is 0 Å². The molecule has 0 atom stereocenters. The van der Waals surface area contributed by atoms with Gasteiger partial charge < -0.3 is 13.6 Å². The minimum absolute atomic E-state index is 0.142. The highest BCUT2D eigenvalue weighted by Gasteiger charge is 2.38. The maximum absolute atomic E-state index is 6.38. The van der Waals surface area contributed by atoms with E-state index in [0.717, 1.165) is 27.6 Å². The first-order valence-electron chi connectivity index (χ1n) is 18.8. The van der Waals surface area contributed by atoms with Gasteiger partial charge in [0.05, 0.1) is 22.1 Å². The van der Waals surface area contributed by atoms with E-state index in [0.29, 0.717) is 0 Å². The van der Waals surface area contributed by atoms with Crippen molar-refractivity contribution in [2.75, 3.05) is 0 Å². The van der Waals surface area contributed by atoms with E-state index in [1.54, 1.807) is 0 Å². The Morgan fingerprint density at radius 1 is 0.407 bits per heavy atom. The normalized spacial score (nSPS) is 13.5. The molecule has 254 valence electrons. The van der Waals surface area contributed by atoms with Gasteiger partial charge >= 0.3 is 0 Å². The predicted octanol–water partition coefficient (Wildman–Crippen LogP) is 13.8. The van der Waals surface area contributed by atoms with Crippen molar-refractivity contribution >= 4 is 65.6 Å². The number of fused-ring (bicyclic) bond motifs is 13. The van der Waals surface area contributed by atoms with E-state index in [9.17, 15) is 0 Å². The molecule has 0 saturated heterocycles. The molecule has 1 aliphatic carbocycles. The number of rotatable bonds is 3. The fourth-order valence-corrected chi connectivity index (χ4v) is 9.69. The van der Waals surface area contributed by atoms with Gasteiger partial charge in [-0.1, -0.05) is 117 Å². The van der Waals surface area contributed by atoms with Crippen LogP contribution in [0.5, 0.6) is 0 Å². The van der Waals surface area contributed by atoms with E-state index in [4.69, 9.17) is 4.42 Å². The molecular formula is C51H34N2O. The van der Waals surface area contributed by atoms with Gasteiger partial charge in [0, 0.05) is 49.1 Å². The number of hydrogen-bond donors (Lipinski definition) is 0. The van der Waals surface area contributed by atoms with E-state index in [2.05, 4.69) is 187 Å². The van der Waals surface area contributed by atoms with Crippen LogP contribution in [0.25, 0.3) is 99.2 Å². The van der Waals surface area contributed by atoms with E-state index < -0.39 is 0 Å². The molecule has 0 unspecified atom stereocenters. The fourth-order valence-electron chi connectivity index (χ4n) is 9.69. The zero-order valence-corrected chi connectivity index (χ0v) is 30.0. The van der Waals surface area contributed by atoms with Gasteiger partial charge in [0.1, 0.15) is 11.2 Å². The van der Waals surface area contributed by atoms with Gasteiger partial charge in [0.25, 0.3) is 0 Å². The maximum Gasteiger partial charge on any atom is 0.136 e. The lowest BCUT2D eigenvalue weighted by atomic mass is 9.80. The van der Waals surface area contributed by atoms with Crippen LogP contribution >= 0.6 is 0 Å². The summed E-state index contributed by atoms with van der Waals surface area (Å²) in [7, 11) is 0. The van der Waals surface area contributed by atoms with Gasteiger partial charge in [-0.15, -0.1) is 0 Å². The maximum atomic E-state index is 6.38. The molecule has 0 radical (unpaired) electrons. The van der Waals surface area contributed by atoms with Crippen molar-refractivity contribution in [1.82, 2.24) is 9.13 Å². The van der Waals surface area contributed by atoms with Crippen LogP contribution in [-0.2, 0) is 5.41 Å². The van der Waals surface area contributed by atoms with Crippen LogP contribution in [0.4, 0.5) is 0 Å². The molecule has 0 aliphatic heterocycles. The molecule has 11 aromatic rings. The lowest BCUT2D eigenvalue weighted by Gasteiger charge is -2.22. The second kappa shape index (κ2) is 10.6. The summed E-state index contributed by atoms with van der Waals surface area (Å²) in [6.45, 7) is 4.78. The van der Waals surface area contributed by atoms with Crippen molar-refractivity contribution in [3.05, 3.63) is 181 Å². The minimum atomic E-state index is -0.142. The Kier molecular flexibility index (Phi) is 5.84. The second-order valence-corrected chi connectivity index (χ2v) is 15.3. The molecule has 0 fully saturated rings. The molecule has 3 heterocycles. The van der Waals surface area contributed by atoms with Gasteiger partial charge in [-0.05, 0) is 100 Å². The van der Waals surface area contributed by atoms with Crippen LogP contribution in [0, 0.1) is 0 Å². The Bertz CT molecular complexity index is 3340. The second-order valence-electron chi connectivity index (χ2n) is 15.3. The molecule has 8 aromatic carbocycles. The highest BCUT2D eigenvalue weighted by Crippen LogP contribution is 2.53. The largest absolute Gasteiger partial charge is 0.456 e. The highest BCUT2D eigenvalue weighted by atomic mass is 16.3. The van der Waals surface area contributed by atoms with E-state index in [-0.39, 0.29) is 5.41 Å². The molecule has 54 heavy (non-hydrogen) atoms. The number of hydrogen-bond acceptors (Lipinski definition) is 1. The smallest absolute Gasteiger partial charge is 0.136 e. The third-order valence-electron chi connectivity index (χ3n) is 12.1. The zero-order valence-electron chi connectivity index (χ0n) is 30.0. The molecule has 3 aromatic heterocycles. The topological polar surface area (TPSA) is 23.0 Å². The van der Waals surface area contributed by atoms with Gasteiger partial charge in [-0.2, -0.15) is 0 Å². The monoisotopic (exact) mass is 690 g/mol. The van der Waals surface area contributed by atoms with Crippen molar-refractivity contribution in [3.8, 4) is 33.6 Å². The van der Waals surface area contributed by atoms with Crippen LogP contribution < -0.4 is 0 Å². The van der Waals surface area contributed by atoms with Gasteiger partial charge in [-0.25, -0.2) is 0 Å². The average Bonchev–Trinajstić information content (AvgIpc) is 3.92. The molecule has 3 nitrogen and oxygen atoms in total. The van der Waals surface area contributed by atoms with Crippen molar-refractivity contribution in [3.63, 3.8) is 0 Å². The van der Waals surface area contributed by atoms with Crippen LogP contribution in [0.2, 0.25) is 0 Å². The van der Waals surface area contributed by atoms with Crippen LogP contribution in [0.3, 0.4) is 0 Å². The number of furan rings is 1. The summed E-state index contributed by atoms with van der Waals surface area (Å²) in [6, 6.07) is 62.1. The quantitative estimate of drug-likeness (QED) is 0.181. The Morgan fingerprint density at radius 2 is 1.06 bits per heavy atom. The zero-order chi connectivity index (χ0) is 35.7. The van der Waals surface area contributed by atoms with E-state index in [1.807, 2.05) is 6.07 Å². The molecule has 0 amide bonds. The first-order chi connectivity index (χ1) is 26.5. The molecule has 12 rings (SSSR count). The van der Waals surface area contributed by atoms with Crippen LogP contribution in [0.15, 0.2) is 174 Å². The van der Waals surface area contributed by atoms with Crippen molar-refractivity contribution in [2.45, 2.75) is 19.3 Å². The Labute approximate surface area is 311 Å². The summed E-state index contributed by atoms with van der Waals surface area (Å²) < 4.78 is 11.2. The summed E-state index contributed by atoms with van der Waals surface area (Å²) in [5.74, 6) is 0. The lowest BCUT2D eigenvalue weighted by molar-refractivity contribution is 0.666. The Hall–Kier alpha value is -6.84. The predicted molar refractivity (Wildman–Crippen MR) is 225 cm³/mol. The van der Waals surface area contributed by atoms with E-state index >= 15 is 0 Å². The molecular weight excluding hydrogens is 657 g/mol. The Morgan fingerprint density at radius 3 is 1.87 bits per heavy atom. The highest BCUT2D eigenvalue weighted by molar-refractivity contribution is 6.18. The van der Waals surface area contributed by atoms with Gasteiger partial charge in [-0.3, -0.25) is 0 Å². The average molecular weight is 691 g/mol. The first kappa shape index (κ1) is 29.7. The molecule has 0 saturated carbocycles. The SMILES string of the molecule is CC1(C)c2ccccc2-c2ccc3c(c21)c1cc(-c2ccc4c5cc6oc7ccccc7c6cc5n(-c5ccccc5)c4c2)ccc1n3-c1ccccc1. The Balaban J connectivity index is 1.14.